The number of carbonyl (C=O) groups is 3. The van der Waals surface area contributed by atoms with Gasteiger partial charge in [-0.1, -0.05) is 18.2 Å². The van der Waals surface area contributed by atoms with E-state index in [1.165, 1.54) is 11.3 Å². The Morgan fingerprint density at radius 1 is 1.18 bits per heavy atom. The molecule has 3 amide bonds. The van der Waals surface area contributed by atoms with Crippen molar-refractivity contribution in [3.05, 3.63) is 46.3 Å². The molecule has 1 aliphatic rings. The lowest BCUT2D eigenvalue weighted by atomic mass is 10.1. The van der Waals surface area contributed by atoms with Gasteiger partial charge in [0.2, 0.25) is 5.91 Å². The highest BCUT2D eigenvalue weighted by atomic mass is 32.2. The van der Waals surface area contributed by atoms with Gasteiger partial charge in [-0.3, -0.25) is 14.9 Å². The summed E-state index contributed by atoms with van der Waals surface area (Å²) in [5.74, 6) is -0.0222. The highest BCUT2D eigenvalue weighted by Crippen LogP contribution is 2.39. The van der Waals surface area contributed by atoms with E-state index in [0.717, 1.165) is 34.6 Å². The van der Waals surface area contributed by atoms with Crippen molar-refractivity contribution in [2.45, 2.75) is 37.5 Å². The van der Waals surface area contributed by atoms with E-state index in [0.29, 0.717) is 22.7 Å². The first-order valence-corrected chi connectivity index (χ1v) is 11.0. The third kappa shape index (κ3) is 5.14. The van der Waals surface area contributed by atoms with Crippen LogP contribution in [0.15, 0.2) is 35.2 Å². The van der Waals surface area contributed by atoms with Crippen molar-refractivity contribution in [3.8, 4) is 0 Å². The third-order valence-corrected chi connectivity index (χ3v) is 6.45. The molecule has 6 nitrogen and oxygen atoms in total. The minimum absolute atomic E-state index is 0.145. The monoisotopic (exact) mass is 418 g/mol. The number of thiophene rings is 1. The molecular weight excluding hydrogens is 396 g/mol. The SMILES string of the molecule is CCOC(=O)NC(=O)c1c(NC(=O)CCSc2ccccc2)sc2c1CCC2. The van der Waals surface area contributed by atoms with Crippen molar-refractivity contribution in [1.82, 2.24) is 5.32 Å². The summed E-state index contributed by atoms with van der Waals surface area (Å²) in [7, 11) is 0. The van der Waals surface area contributed by atoms with E-state index >= 15 is 0 Å². The summed E-state index contributed by atoms with van der Waals surface area (Å²) in [4.78, 5) is 38.8. The van der Waals surface area contributed by atoms with Crippen LogP contribution >= 0.6 is 23.1 Å². The molecule has 3 rings (SSSR count). The van der Waals surface area contributed by atoms with Gasteiger partial charge in [-0.2, -0.15) is 0 Å². The molecule has 1 aliphatic carbocycles. The third-order valence-electron chi connectivity index (χ3n) is 4.23. The van der Waals surface area contributed by atoms with E-state index in [1.54, 1.807) is 18.7 Å². The van der Waals surface area contributed by atoms with Crippen molar-refractivity contribution in [1.29, 1.82) is 0 Å². The average Bonchev–Trinajstić information content (AvgIpc) is 3.23. The summed E-state index contributed by atoms with van der Waals surface area (Å²) in [6.07, 6.45) is 2.20. The van der Waals surface area contributed by atoms with Crippen molar-refractivity contribution < 1.29 is 19.1 Å². The maximum Gasteiger partial charge on any atom is 0.414 e. The summed E-state index contributed by atoms with van der Waals surface area (Å²) in [6.45, 7) is 1.86. The van der Waals surface area contributed by atoms with Crippen LogP contribution in [-0.2, 0) is 22.4 Å². The molecule has 0 radical (unpaired) electrons. The van der Waals surface area contributed by atoms with Crippen LogP contribution in [-0.4, -0.2) is 30.3 Å². The number of alkyl carbamates (subject to hydrolysis) is 1. The van der Waals surface area contributed by atoms with E-state index in [-0.39, 0.29) is 12.5 Å². The highest BCUT2D eigenvalue weighted by Gasteiger charge is 2.28. The molecule has 0 bridgehead atoms. The second kappa shape index (κ2) is 9.75. The average molecular weight is 419 g/mol. The molecule has 0 aliphatic heterocycles. The number of thioether (sulfide) groups is 1. The Morgan fingerprint density at radius 2 is 1.96 bits per heavy atom. The lowest BCUT2D eigenvalue weighted by Crippen LogP contribution is -2.32. The number of rotatable bonds is 7. The van der Waals surface area contributed by atoms with Crippen LogP contribution in [0.3, 0.4) is 0 Å². The quantitative estimate of drug-likeness (QED) is 0.657. The molecule has 148 valence electrons. The zero-order valence-corrected chi connectivity index (χ0v) is 17.2. The minimum atomic E-state index is -0.776. The molecule has 1 aromatic heterocycles. The number of amides is 3. The number of aryl methyl sites for hydroxylation is 1. The first-order chi connectivity index (χ1) is 13.6. The van der Waals surface area contributed by atoms with E-state index in [2.05, 4.69) is 10.6 Å². The maximum atomic E-state index is 12.6. The number of nitrogens with one attached hydrogen (secondary N) is 2. The second-order valence-electron chi connectivity index (χ2n) is 6.20. The summed E-state index contributed by atoms with van der Waals surface area (Å²) >= 11 is 3.03. The lowest BCUT2D eigenvalue weighted by molar-refractivity contribution is -0.115. The number of hydrogen-bond acceptors (Lipinski definition) is 6. The van der Waals surface area contributed by atoms with Crippen LogP contribution in [0.25, 0.3) is 0 Å². The Balaban J connectivity index is 1.63. The van der Waals surface area contributed by atoms with E-state index < -0.39 is 12.0 Å². The van der Waals surface area contributed by atoms with Gasteiger partial charge in [0.15, 0.2) is 0 Å². The Bertz CT molecular complexity index is 865. The predicted molar refractivity (Wildman–Crippen MR) is 111 cm³/mol. The fraction of sp³-hybridized carbons (Fsp3) is 0.350. The van der Waals surface area contributed by atoms with E-state index in [9.17, 15) is 14.4 Å². The topological polar surface area (TPSA) is 84.5 Å². The number of fused-ring (bicyclic) bond motifs is 1. The number of anilines is 1. The van der Waals surface area contributed by atoms with Crippen LogP contribution in [0, 0.1) is 0 Å². The summed E-state index contributed by atoms with van der Waals surface area (Å²) in [5, 5.41) is 5.62. The van der Waals surface area contributed by atoms with Gasteiger partial charge < -0.3 is 10.1 Å². The van der Waals surface area contributed by atoms with Crippen molar-refractivity contribution in [2.75, 3.05) is 17.7 Å². The molecule has 2 aromatic rings. The standard InChI is InChI=1S/C20H22N2O4S2/c1-2-26-20(25)22-18(24)17-14-9-6-10-15(14)28-19(17)21-16(23)11-12-27-13-7-4-3-5-8-13/h3-5,7-8H,2,6,9-12H2,1H3,(H,21,23)(H,22,24,25). The lowest BCUT2D eigenvalue weighted by Gasteiger charge is -2.09. The zero-order valence-electron chi connectivity index (χ0n) is 15.6. The van der Waals surface area contributed by atoms with Gasteiger partial charge in [0, 0.05) is 21.9 Å². The van der Waals surface area contributed by atoms with Crippen molar-refractivity contribution in [3.63, 3.8) is 0 Å². The molecule has 0 spiro atoms. The molecule has 1 aromatic carbocycles. The minimum Gasteiger partial charge on any atom is -0.450 e. The van der Waals surface area contributed by atoms with E-state index in [1.807, 2.05) is 30.3 Å². The first kappa shape index (κ1) is 20.4. The number of carbonyl (C=O) groups excluding carboxylic acids is 3. The molecule has 8 heteroatoms. The van der Waals surface area contributed by atoms with Crippen molar-refractivity contribution in [2.24, 2.45) is 0 Å². The Morgan fingerprint density at radius 3 is 2.71 bits per heavy atom. The first-order valence-electron chi connectivity index (χ1n) is 9.18. The zero-order chi connectivity index (χ0) is 19.9. The molecule has 1 heterocycles. The number of imide groups is 1. The number of ether oxygens (including phenoxy) is 1. The van der Waals surface area contributed by atoms with Crippen molar-refractivity contribution >= 4 is 46.0 Å². The van der Waals surface area contributed by atoms with Gasteiger partial charge in [-0.15, -0.1) is 23.1 Å². The number of hydrogen-bond donors (Lipinski definition) is 2. The largest absolute Gasteiger partial charge is 0.450 e. The van der Waals surface area contributed by atoms with Gasteiger partial charge in [-0.05, 0) is 43.9 Å². The molecule has 0 saturated heterocycles. The molecule has 2 N–H and O–H groups in total. The van der Waals surface area contributed by atoms with Crippen LogP contribution < -0.4 is 10.6 Å². The Kier molecular flexibility index (Phi) is 7.11. The Hall–Kier alpha value is -2.32. The normalized spacial score (nSPS) is 12.3. The smallest absolute Gasteiger partial charge is 0.414 e. The molecular formula is C20H22N2O4S2. The number of benzene rings is 1. The Labute approximate surface area is 172 Å². The van der Waals surface area contributed by atoms with Gasteiger partial charge in [0.1, 0.15) is 5.00 Å². The van der Waals surface area contributed by atoms with Crippen LogP contribution in [0.1, 0.15) is 40.6 Å². The van der Waals surface area contributed by atoms with Gasteiger partial charge in [-0.25, -0.2) is 4.79 Å². The van der Waals surface area contributed by atoms with E-state index in [4.69, 9.17) is 4.74 Å². The molecule has 0 saturated carbocycles. The van der Waals surface area contributed by atoms with Gasteiger partial charge in [0.05, 0.1) is 12.2 Å². The van der Waals surface area contributed by atoms with Crippen LogP contribution in [0.2, 0.25) is 0 Å². The van der Waals surface area contributed by atoms with Gasteiger partial charge >= 0.3 is 6.09 Å². The molecule has 0 atom stereocenters. The fourth-order valence-electron chi connectivity index (χ4n) is 3.02. The van der Waals surface area contributed by atoms with Gasteiger partial charge in [0.25, 0.3) is 5.91 Å². The molecule has 28 heavy (non-hydrogen) atoms. The van der Waals surface area contributed by atoms with Crippen LogP contribution in [0.4, 0.5) is 9.80 Å². The summed E-state index contributed by atoms with van der Waals surface area (Å²) in [5.41, 5.74) is 1.33. The highest BCUT2D eigenvalue weighted by molar-refractivity contribution is 7.99. The second-order valence-corrected chi connectivity index (χ2v) is 8.47. The summed E-state index contributed by atoms with van der Waals surface area (Å²) in [6, 6.07) is 9.89. The molecule has 0 fully saturated rings. The predicted octanol–water partition coefficient (Wildman–Crippen LogP) is 4.24. The van der Waals surface area contributed by atoms with Crippen LogP contribution in [0.5, 0.6) is 0 Å². The fourth-order valence-corrected chi connectivity index (χ4v) is 5.20. The summed E-state index contributed by atoms with van der Waals surface area (Å²) < 4.78 is 4.79. The molecule has 0 unspecified atom stereocenters. The maximum absolute atomic E-state index is 12.6.